The average molecular weight is 328 g/mol. The number of hydrogen-bond acceptors (Lipinski definition) is 3. The first-order valence-electron chi connectivity index (χ1n) is 6.93. The first-order valence-corrected chi connectivity index (χ1v) is 7.72. The number of hydrogen-bond donors (Lipinski definition) is 0. The zero-order valence-corrected chi connectivity index (χ0v) is 13.2. The van der Waals surface area contributed by atoms with Crippen molar-refractivity contribution in [1.29, 1.82) is 0 Å². The molecule has 19 heavy (non-hydrogen) atoms. The first kappa shape index (κ1) is 14.8. The molecular formula is C15H22BrNO2. The zero-order chi connectivity index (χ0) is 13.7. The van der Waals surface area contributed by atoms with Gasteiger partial charge in [-0.05, 0) is 31.5 Å². The number of benzene rings is 1. The van der Waals surface area contributed by atoms with Crippen LogP contribution in [0.2, 0.25) is 0 Å². The van der Waals surface area contributed by atoms with Crippen LogP contribution < -0.4 is 4.74 Å². The van der Waals surface area contributed by atoms with Gasteiger partial charge >= 0.3 is 0 Å². The van der Waals surface area contributed by atoms with E-state index in [0.717, 1.165) is 42.9 Å². The van der Waals surface area contributed by atoms with E-state index in [1.165, 1.54) is 0 Å². The Balaban J connectivity index is 1.80. The third-order valence-electron chi connectivity index (χ3n) is 3.50. The van der Waals surface area contributed by atoms with Crippen LogP contribution in [-0.4, -0.2) is 43.3 Å². The Labute approximate surface area is 124 Å². The zero-order valence-electron chi connectivity index (χ0n) is 11.6. The molecule has 1 fully saturated rings. The first-order chi connectivity index (χ1) is 9.19. The molecule has 4 heteroatoms. The lowest BCUT2D eigenvalue weighted by atomic mass is 10.1. The second kappa shape index (κ2) is 7.27. The number of ether oxygens (including phenoxy) is 2. The smallest absolute Gasteiger partial charge is 0.120 e. The summed E-state index contributed by atoms with van der Waals surface area (Å²) in [5.41, 5.74) is 0. The SMILES string of the molecule is CCC1COC(C)CN1CCOc1cccc(Br)c1. The molecule has 1 aromatic carbocycles. The summed E-state index contributed by atoms with van der Waals surface area (Å²) < 4.78 is 12.6. The van der Waals surface area contributed by atoms with Crippen molar-refractivity contribution >= 4 is 15.9 Å². The van der Waals surface area contributed by atoms with Crippen molar-refractivity contribution in [2.24, 2.45) is 0 Å². The highest BCUT2D eigenvalue weighted by Gasteiger charge is 2.24. The molecule has 0 aliphatic carbocycles. The molecule has 3 nitrogen and oxygen atoms in total. The van der Waals surface area contributed by atoms with Crippen LogP contribution in [0.15, 0.2) is 28.7 Å². The Morgan fingerprint density at radius 1 is 1.47 bits per heavy atom. The van der Waals surface area contributed by atoms with Gasteiger partial charge in [-0.2, -0.15) is 0 Å². The summed E-state index contributed by atoms with van der Waals surface area (Å²) in [5, 5.41) is 0. The lowest BCUT2D eigenvalue weighted by Crippen LogP contribution is -2.49. The lowest BCUT2D eigenvalue weighted by molar-refractivity contribution is -0.0586. The minimum Gasteiger partial charge on any atom is -0.492 e. The third kappa shape index (κ3) is 4.48. The van der Waals surface area contributed by atoms with Gasteiger partial charge in [-0.15, -0.1) is 0 Å². The Kier molecular flexibility index (Phi) is 5.67. The fourth-order valence-corrected chi connectivity index (χ4v) is 2.78. The molecule has 0 N–H and O–H groups in total. The molecule has 1 saturated heterocycles. The number of halogens is 1. The van der Waals surface area contributed by atoms with Gasteiger partial charge in [-0.25, -0.2) is 0 Å². The van der Waals surface area contributed by atoms with Gasteiger partial charge in [-0.1, -0.05) is 28.9 Å². The van der Waals surface area contributed by atoms with Crippen molar-refractivity contribution in [2.75, 3.05) is 26.3 Å². The predicted molar refractivity (Wildman–Crippen MR) is 80.7 cm³/mol. The molecule has 2 atom stereocenters. The van der Waals surface area contributed by atoms with Crippen molar-refractivity contribution in [3.05, 3.63) is 28.7 Å². The monoisotopic (exact) mass is 327 g/mol. The van der Waals surface area contributed by atoms with Crippen molar-refractivity contribution in [2.45, 2.75) is 32.4 Å². The van der Waals surface area contributed by atoms with Gasteiger partial charge in [0, 0.05) is 23.6 Å². The molecule has 106 valence electrons. The topological polar surface area (TPSA) is 21.7 Å². The van der Waals surface area contributed by atoms with Crippen LogP contribution in [0.1, 0.15) is 20.3 Å². The Morgan fingerprint density at radius 3 is 3.05 bits per heavy atom. The van der Waals surface area contributed by atoms with Gasteiger partial charge in [0.05, 0.1) is 12.7 Å². The van der Waals surface area contributed by atoms with Gasteiger partial charge in [0.2, 0.25) is 0 Å². The van der Waals surface area contributed by atoms with E-state index >= 15 is 0 Å². The van der Waals surface area contributed by atoms with Crippen LogP contribution >= 0.6 is 15.9 Å². The summed E-state index contributed by atoms with van der Waals surface area (Å²) in [4.78, 5) is 2.48. The second-order valence-corrected chi connectivity index (χ2v) is 5.92. The van der Waals surface area contributed by atoms with Crippen LogP contribution in [0.5, 0.6) is 5.75 Å². The molecule has 2 rings (SSSR count). The number of nitrogens with zero attached hydrogens (tertiary/aromatic N) is 1. The molecule has 2 unspecified atom stereocenters. The molecule has 0 radical (unpaired) electrons. The van der Waals surface area contributed by atoms with Gasteiger partial charge in [0.15, 0.2) is 0 Å². The van der Waals surface area contributed by atoms with E-state index < -0.39 is 0 Å². The Bertz CT molecular complexity index is 399. The second-order valence-electron chi connectivity index (χ2n) is 5.01. The van der Waals surface area contributed by atoms with E-state index in [1.807, 2.05) is 24.3 Å². The van der Waals surface area contributed by atoms with Crippen LogP contribution in [0.4, 0.5) is 0 Å². The highest BCUT2D eigenvalue weighted by atomic mass is 79.9. The summed E-state index contributed by atoms with van der Waals surface area (Å²) in [7, 11) is 0. The molecular weight excluding hydrogens is 306 g/mol. The summed E-state index contributed by atoms with van der Waals surface area (Å²) >= 11 is 3.45. The summed E-state index contributed by atoms with van der Waals surface area (Å²) in [6.07, 6.45) is 1.46. The molecule has 1 aliphatic rings. The molecule has 1 aliphatic heterocycles. The highest BCUT2D eigenvalue weighted by Crippen LogP contribution is 2.18. The van der Waals surface area contributed by atoms with E-state index in [4.69, 9.17) is 9.47 Å². The Hall–Kier alpha value is -0.580. The maximum absolute atomic E-state index is 5.81. The summed E-state index contributed by atoms with van der Waals surface area (Å²) in [6, 6.07) is 8.51. The Morgan fingerprint density at radius 2 is 2.32 bits per heavy atom. The molecule has 0 aromatic heterocycles. The normalized spacial score (nSPS) is 24.4. The average Bonchev–Trinajstić information content (AvgIpc) is 2.39. The number of morpholine rings is 1. The quantitative estimate of drug-likeness (QED) is 0.828. The molecule has 1 heterocycles. The van der Waals surface area contributed by atoms with E-state index in [9.17, 15) is 0 Å². The van der Waals surface area contributed by atoms with Crippen LogP contribution in [0, 0.1) is 0 Å². The molecule has 0 spiro atoms. The van der Waals surface area contributed by atoms with Crippen LogP contribution in [-0.2, 0) is 4.74 Å². The summed E-state index contributed by atoms with van der Waals surface area (Å²) in [5.74, 6) is 0.920. The van der Waals surface area contributed by atoms with Crippen LogP contribution in [0.25, 0.3) is 0 Å². The van der Waals surface area contributed by atoms with E-state index in [-0.39, 0.29) is 0 Å². The minimum atomic E-state index is 0.327. The molecule has 1 aromatic rings. The van der Waals surface area contributed by atoms with Crippen LogP contribution in [0.3, 0.4) is 0 Å². The third-order valence-corrected chi connectivity index (χ3v) is 3.99. The number of rotatable bonds is 5. The van der Waals surface area contributed by atoms with E-state index in [2.05, 4.69) is 34.7 Å². The van der Waals surface area contributed by atoms with Crippen molar-refractivity contribution in [3.63, 3.8) is 0 Å². The summed E-state index contributed by atoms with van der Waals surface area (Å²) in [6.45, 7) is 7.87. The fraction of sp³-hybridized carbons (Fsp3) is 0.600. The minimum absolute atomic E-state index is 0.327. The largest absolute Gasteiger partial charge is 0.492 e. The van der Waals surface area contributed by atoms with Gasteiger partial charge < -0.3 is 9.47 Å². The molecule has 0 saturated carbocycles. The van der Waals surface area contributed by atoms with Gasteiger partial charge in [0.1, 0.15) is 12.4 Å². The van der Waals surface area contributed by atoms with Gasteiger partial charge in [-0.3, -0.25) is 4.90 Å². The lowest BCUT2D eigenvalue weighted by Gasteiger charge is -2.38. The maximum Gasteiger partial charge on any atom is 0.120 e. The van der Waals surface area contributed by atoms with Crippen molar-refractivity contribution in [1.82, 2.24) is 4.90 Å². The maximum atomic E-state index is 5.81. The molecule has 0 amide bonds. The molecule has 0 bridgehead atoms. The van der Waals surface area contributed by atoms with Gasteiger partial charge in [0.25, 0.3) is 0 Å². The van der Waals surface area contributed by atoms with Crippen molar-refractivity contribution in [3.8, 4) is 5.75 Å². The van der Waals surface area contributed by atoms with E-state index in [0.29, 0.717) is 12.1 Å². The highest BCUT2D eigenvalue weighted by molar-refractivity contribution is 9.10. The van der Waals surface area contributed by atoms with Crippen molar-refractivity contribution < 1.29 is 9.47 Å². The standard InChI is InChI=1S/C15H22BrNO2/c1-3-14-11-19-12(2)10-17(14)7-8-18-15-6-4-5-13(16)9-15/h4-6,9,12,14H,3,7-8,10-11H2,1-2H3. The predicted octanol–water partition coefficient (Wildman–Crippen LogP) is 3.33. The fourth-order valence-electron chi connectivity index (χ4n) is 2.40. The van der Waals surface area contributed by atoms with E-state index in [1.54, 1.807) is 0 Å².